The molecule has 4 aromatic rings. The molecule has 0 spiro atoms. The predicted octanol–water partition coefficient (Wildman–Crippen LogP) is 5.07. The topological polar surface area (TPSA) is 61.0 Å². The molecule has 5 heteroatoms. The molecule has 3 aromatic carbocycles. The third-order valence-electron chi connectivity index (χ3n) is 4.44. The average Bonchev–Trinajstić information content (AvgIpc) is 3.04. The molecule has 1 atom stereocenters. The summed E-state index contributed by atoms with van der Waals surface area (Å²) < 4.78 is 5.96. The van der Waals surface area contributed by atoms with Crippen molar-refractivity contribution in [1.29, 1.82) is 5.41 Å². The van der Waals surface area contributed by atoms with Crippen LogP contribution in [0.15, 0.2) is 71.1 Å². The zero-order valence-corrected chi connectivity index (χ0v) is 15.0. The van der Waals surface area contributed by atoms with E-state index in [1.54, 1.807) is 0 Å². The molecule has 1 heterocycles. The molecule has 1 unspecified atom stereocenters. The maximum absolute atomic E-state index is 8.38. The highest BCUT2D eigenvalue weighted by atomic mass is 35.5. The van der Waals surface area contributed by atoms with Crippen molar-refractivity contribution in [3.05, 3.63) is 82.9 Å². The van der Waals surface area contributed by atoms with Gasteiger partial charge < -0.3 is 9.73 Å². The Balaban J connectivity index is 1.78. The standard InChI is InChI=1S/C21H18ClN3O/c1-24-21(25-20(23)13-6-3-2-4-7-13)16-8-5-9-17-19(16)15-11-10-14(22)12-18(15)26-17/h2-12,21,24H,1H3,(H2,23,25). The van der Waals surface area contributed by atoms with Crippen molar-refractivity contribution >= 4 is 39.4 Å². The van der Waals surface area contributed by atoms with Crippen LogP contribution >= 0.6 is 11.6 Å². The third kappa shape index (κ3) is 2.94. The Hall–Kier alpha value is -2.82. The summed E-state index contributed by atoms with van der Waals surface area (Å²) in [6.07, 6.45) is -0.233. The molecule has 0 aliphatic rings. The highest BCUT2D eigenvalue weighted by Gasteiger charge is 2.18. The van der Waals surface area contributed by atoms with E-state index in [9.17, 15) is 0 Å². The van der Waals surface area contributed by atoms with E-state index in [1.807, 2.05) is 73.8 Å². The number of amidine groups is 1. The zero-order chi connectivity index (χ0) is 18.1. The molecule has 26 heavy (non-hydrogen) atoms. The van der Waals surface area contributed by atoms with Gasteiger partial charge in [0.2, 0.25) is 0 Å². The van der Waals surface area contributed by atoms with Crippen molar-refractivity contribution in [2.24, 2.45) is 0 Å². The van der Waals surface area contributed by atoms with Crippen LogP contribution in [0.5, 0.6) is 0 Å². The second-order valence-electron chi connectivity index (χ2n) is 6.07. The number of halogens is 1. The summed E-state index contributed by atoms with van der Waals surface area (Å²) in [5.74, 6) is 0.359. The monoisotopic (exact) mass is 363 g/mol. The van der Waals surface area contributed by atoms with Gasteiger partial charge in [-0.2, -0.15) is 0 Å². The smallest absolute Gasteiger partial charge is 0.136 e. The SMILES string of the molecule is CNC(NC(=N)c1ccccc1)c1cccc2oc3cc(Cl)ccc3c12. The van der Waals surface area contributed by atoms with Crippen molar-refractivity contribution < 1.29 is 4.42 Å². The van der Waals surface area contributed by atoms with E-state index in [-0.39, 0.29) is 6.17 Å². The Morgan fingerprint density at radius 2 is 1.81 bits per heavy atom. The maximum atomic E-state index is 8.38. The first-order valence-electron chi connectivity index (χ1n) is 8.36. The molecule has 0 fully saturated rings. The van der Waals surface area contributed by atoms with Crippen molar-refractivity contribution in [3.8, 4) is 0 Å². The number of fused-ring (bicyclic) bond motifs is 3. The van der Waals surface area contributed by atoms with Gasteiger partial charge in [-0.3, -0.25) is 10.7 Å². The Kier molecular flexibility index (Phi) is 4.37. The summed E-state index contributed by atoms with van der Waals surface area (Å²) >= 11 is 6.10. The zero-order valence-electron chi connectivity index (χ0n) is 14.2. The average molecular weight is 364 g/mol. The lowest BCUT2D eigenvalue weighted by Gasteiger charge is -2.21. The first kappa shape index (κ1) is 16.6. The largest absolute Gasteiger partial charge is 0.456 e. The van der Waals surface area contributed by atoms with Crippen LogP contribution in [0.25, 0.3) is 21.9 Å². The third-order valence-corrected chi connectivity index (χ3v) is 4.68. The summed E-state index contributed by atoms with van der Waals surface area (Å²) in [5, 5.41) is 17.6. The molecule has 4 nitrogen and oxygen atoms in total. The molecular weight excluding hydrogens is 346 g/mol. The van der Waals surface area contributed by atoms with E-state index in [2.05, 4.69) is 10.6 Å². The first-order valence-corrected chi connectivity index (χ1v) is 8.73. The highest BCUT2D eigenvalue weighted by molar-refractivity contribution is 6.31. The lowest BCUT2D eigenvalue weighted by atomic mass is 10.0. The molecule has 0 bridgehead atoms. The molecular formula is C21H18ClN3O. The van der Waals surface area contributed by atoms with E-state index in [0.717, 1.165) is 33.1 Å². The molecule has 3 N–H and O–H groups in total. The Morgan fingerprint density at radius 1 is 1.00 bits per heavy atom. The van der Waals surface area contributed by atoms with Crippen molar-refractivity contribution in [1.82, 2.24) is 10.6 Å². The minimum absolute atomic E-state index is 0.233. The summed E-state index contributed by atoms with van der Waals surface area (Å²) in [7, 11) is 1.87. The lowest BCUT2D eigenvalue weighted by Crippen LogP contribution is -2.36. The minimum Gasteiger partial charge on any atom is -0.456 e. The Labute approximate surface area is 156 Å². The summed E-state index contributed by atoms with van der Waals surface area (Å²) in [5.41, 5.74) is 3.41. The second kappa shape index (κ2) is 6.83. The molecule has 4 rings (SSSR count). The van der Waals surface area contributed by atoms with Gasteiger partial charge in [0.1, 0.15) is 23.2 Å². The van der Waals surface area contributed by atoms with Crippen LogP contribution in [-0.4, -0.2) is 12.9 Å². The fourth-order valence-electron chi connectivity index (χ4n) is 3.21. The molecule has 0 aliphatic heterocycles. The van der Waals surface area contributed by atoms with E-state index in [4.69, 9.17) is 21.4 Å². The van der Waals surface area contributed by atoms with Gasteiger partial charge in [0, 0.05) is 33.0 Å². The fraction of sp³-hybridized carbons (Fsp3) is 0.0952. The van der Waals surface area contributed by atoms with Gasteiger partial charge in [-0.15, -0.1) is 0 Å². The maximum Gasteiger partial charge on any atom is 0.136 e. The van der Waals surface area contributed by atoms with Gasteiger partial charge in [-0.05, 0) is 25.2 Å². The lowest BCUT2D eigenvalue weighted by molar-refractivity contribution is 0.563. The summed E-state index contributed by atoms with van der Waals surface area (Å²) in [6.45, 7) is 0. The number of benzene rings is 3. The van der Waals surface area contributed by atoms with Crippen LogP contribution in [0.4, 0.5) is 0 Å². The van der Waals surface area contributed by atoms with E-state index in [1.165, 1.54) is 0 Å². The van der Waals surface area contributed by atoms with Crippen molar-refractivity contribution in [2.45, 2.75) is 6.17 Å². The number of rotatable bonds is 4. The number of nitrogens with one attached hydrogen (secondary N) is 3. The molecule has 0 aliphatic carbocycles. The van der Waals surface area contributed by atoms with Crippen LogP contribution in [0, 0.1) is 5.41 Å². The second-order valence-corrected chi connectivity index (χ2v) is 6.51. The summed E-state index contributed by atoms with van der Waals surface area (Å²) in [4.78, 5) is 0. The summed E-state index contributed by atoms with van der Waals surface area (Å²) in [6, 6.07) is 21.2. The molecule has 1 aromatic heterocycles. The van der Waals surface area contributed by atoms with Crippen LogP contribution in [-0.2, 0) is 0 Å². The Bertz CT molecular complexity index is 1090. The molecule has 0 amide bonds. The number of furan rings is 1. The van der Waals surface area contributed by atoms with Gasteiger partial charge in [-0.1, -0.05) is 54.1 Å². The van der Waals surface area contributed by atoms with Crippen molar-refractivity contribution in [3.63, 3.8) is 0 Å². The molecule has 0 saturated heterocycles. The van der Waals surface area contributed by atoms with Gasteiger partial charge in [0.25, 0.3) is 0 Å². The van der Waals surface area contributed by atoms with Crippen LogP contribution in [0.3, 0.4) is 0 Å². The highest BCUT2D eigenvalue weighted by Crippen LogP contribution is 2.34. The first-order chi connectivity index (χ1) is 12.7. The quantitative estimate of drug-likeness (QED) is 0.269. The van der Waals surface area contributed by atoms with Gasteiger partial charge in [0.15, 0.2) is 0 Å². The van der Waals surface area contributed by atoms with Gasteiger partial charge >= 0.3 is 0 Å². The van der Waals surface area contributed by atoms with Gasteiger partial charge in [0.05, 0.1) is 0 Å². The predicted molar refractivity (Wildman–Crippen MR) is 107 cm³/mol. The van der Waals surface area contributed by atoms with Crippen LogP contribution < -0.4 is 10.6 Å². The fourth-order valence-corrected chi connectivity index (χ4v) is 3.37. The van der Waals surface area contributed by atoms with E-state index >= 15 is 0 Å². The Morgan fingerprint density at radius 3 is 2.58 bits per heavy atom. The van der Waals surface area contributed by atoms with Crippen molar-refractivity contribution in [2.75, 3.05) is 7.05 Å². The van der Waals surface area contributed by atoms with Crippen LogP contribution in [0.1, 0.15) is 17.3 Å². The molecule has 0 saturated carbocycles. The molecule has 0 radical (unpaired) electrons. The number of hydrogen-bond donors (Lipinski definition) is 3. The minimum atomic E-state index is -0.233. The van der Waals surface area contributed by atoms with E-state index < -0.39 is 0 Å². The van der Waals surface area contributed by atoms with Crippen LogP contribution in [0.2, 0.25) is 5.02 Å². The van der Waals surface area contributed by atoms with E-state index in [0.29, 0.717) is 10.9 Å². The molecule has 130 valence electrons. The number of hydrogen-bond acceptors (Lipinski definition) is 3. The van der Waals surface area contributed by atoms with Gasteiger partial charge in [-0.25, -0.2) is 0 Å². The normalized spacial score (nSPS) is 12.4.